The molecule has 6 unspecified atom stereocenters. The molecule has 2 rings (SSSR count). The number of carbonyl (C=O) groups is 4. The number of carboxylic acid groups (broad SMARTS) is 1. The fraction of sp³-hybridized carbons (Fsp3) is 0.538. The Balaban J connectivity index is 2.09. The highest BCUT2D eigenvalue weighted by Gasteiger charge is 2.33. The van der Waals surface area contributed by atoms with Crippen LogP contribution < -0.4 is 21.7 Å². The molecule has 0 aliphatic rings. The predicted molar refractivity (Wildman–Crippen MR) is 146 cm³/mol. The Labute approximate surface area is 222 Å². The molecule has 3 amide bonds. The third kappa shape index (κ3) is 7.96. The molecule has 0 aliphatic heterocycles. The van der Waals surface area contributed by atoms with E-state index in [1.165, 1.54) is 0 Å². The van der Waals surface area contributed by atoms with Gasteiger partial charge >= 0.3 is 5.97 Å². The van der Waals surface area contributed by atoms with Crippen molar-refractivity contribution in [1.29, 1.82) is 0 Å². The minimum absolute atomic E-state index is 0.0499. The number of benzene rings is 1. The third-order valence-electron chi connectivity index (χ3n) is 6.84. The average Bonchev–Trinajstić information content (AvgIpc) is 3.29. The summed E-state index contributed by atoms with van der Waals surface area (Å²) in [6, 6.07) is 3.69. The number of hydrogen-bond donors (Lipinski definition) is 7. The summed E-state index contributed by atoms with van der Waals surface area (Å²) >= 11 is 4.17. The molecular weight excluding hydrogens is 494 g/mol. The van der Waals surface area contributed by atoms with Crippen molar-refractivity contribution in [2.45, 2.75) is 71.1 Å². The first-order chi connectivity index (χ1) is 17.5. The predicted octanol–water partition coefficient (Wildman–Crippen LogP) is 1.60. The van der Waals surface area contributed by atoms with Gasteiger partial charge in [0, 0.05) is 22.9 Å². The monoisotopic (exact) mass is 533 g/mol. The molecule has 0 fully saturated rings. The van der Waals surface area contributed by atoms with Gasteiger partial charge < -0.3 is 31.8 Å². The third-order valence-corrected chi connectivity index (χ3v) is 7.20. The van der Waals surface area contributed by atoms with Crippen LogP contribution in [-0.4, -0.2) is 63.7 Å². The van der Waals surface area contributed by atoms with Crippen molar-refractivity contribution in [3.05, 3.63) is 36.0 Å². The molecule has 2 aromatic rings. The molecule has 10 nitrogen and oxygen atoms in total. The molecule has 0 radical (unpaired) electrons. The van der Waals surface area contributed by atoms with Gasteiger partial charge in [-0.2, -0.15) is 12.6 Å². The highest BCUT2D eigenvalue weighted by Crippen LogP contribution is 2.19. The molecule has 37 heavy (non-hydrogen) atoms. The second-order valence-corrected chi connectivity index (χ2v) is 9.86. The van der Waals surface area contributed by atoms with Gasteiger partial charge in [0.05, 0.1) is 6.04 Å². The van der Waals surface area contributed by atoms with Crippen LogP contribution in [0.15, 0.2) is 30.5 Å². The first-order valence-corrected chi connectivity index (χ1v) is 13.2. The lowest BCUT2D eigenvalue weighted by molar-refractivity contribution is -0.143. The highest BCUT2D eigenvalue weighted by atomic mass is 32.1. The summed E-state index contributed by atoms with van der Waals surface area (Å²) < 4.78 is 0. The van der Waals surface area contributed by atoms with Crippen molar-refractivity contribution in [3.63, 3.8) is 0 Å². The molecule has 7 N–H and O–H groups in total. The summed E-state index contributed by atoms with van der Waals surface area (Å²) in [6.07, 6.45) is 3.23. The molecule has 1 aromatic carbocycles. The minimum Gasteiger partial charge on any atom is -0.480 e. The Morgan fingerprint density at radius 2 is 1.54 bits per heavy atom. The summed E-state index contributed by atoms with van der Waals surface area (Å²) in [6.45, 7) is 7.25. The van der Waals surface area contributed by atoms with Crippen LogP contribution in [-0.2, 0) is 25.6 Å². The number of fused-ring (bicyclic) bond motifs is 1. The number of para-hydroxylation sites is 1. The van der Waals surface area contributed by atoms with Gasteiger partial charge in [0.2, 0.25) is 17.7 Å². The van der Waals surface area contributed by atoms with E-state index in [4.69, 9.17) is 5.73 Å². The van der Waals surface area contributed by atoms with Crippen molar-refractivity contribution in [1.82, 2.24) is 20.9 Å². The summed E-state index contributed by atoms with van der Waals surface area (Å²) in [5.41, 5.74) is 8.03. The number of thiol groups is 1. The Morgan fingerprint density at radius 1 is 0.946 bits per heavy atom. The van der Waals surface area contributed by atoms with Gasteiger partial charge in [-0.15, -0.1) is 0 Å². The maximum atomic E-state index is 13.2. The number of hydrogen-bond acceptors (Lipinski definition) is 6. The highest BCUT2D eigenvalue weighted by molar-refractivity contribution is 7.80. The average molecular weight is 534 g/mol. The van der Waals surface area contributed by atoms with Crippen molar-refractivity contribution >= 4 is 47.2 Å². The number of amides is 3. The number of carboxylic acids is 1. The van der Waals surface area contributed by atoms with Gasteiger partial charge in [0.15, 0.2) is 0 Å². The van der Waals surface area contributed by atoms with E-state index in [0.29, 0.717) is 12.8 Å². The Hall–Kier alpha value is -3.05. The van der Waals surface area contributed by atoms with E-state index >= 15 is 0 Å². The largest absolute Gasteiger partial charge is 0.480 e. The van der Waals surface area contributed by atoms with E-state index < -0.39 is 47.9 Å². The molecule has 0 spiro atoms. The summed E-state index contributed by atoms with van der Waals surface area (Å²) in [4.78, 5) is 53.7. The van der Waals surface area contributed by atoms with Crippen molar-refractivity contribution in [2.24, 2.45) is 17.6 Å². The van der Waals surface area contributed by atoms with Gasteiger partial charge in [0.1, 0.15) is 18.1 Å². The SMILES string of the molecule is CCC(C)C(NC(=O)C(CS)NC(=O)C(NC(=O)C(N)Cc1c[nH]c2ccccc12)C(C)CC)C(=O)O. The molecule has 0 bridgehead atoms. The number of nitrogens with one attached hydrogen (secondary N) is 4. The summed E-state index contributed by atoms with van der Waals surface area (Å²) in [5, 5.41) is 18.3. The van der Waals surface area contributed by atoms with E-state index in [1.54, 1.807) is 6.92 Å². The first kappa shape index (κ1) is 30.2. The van der Waals surface area contributed by atoms with E-state index in [1.807, 2.05) is 51.2 Å². The Morgan fingerprint density at radius 3 is 2.14 bits per heavy atom. The Bertz CT molecular complexity index is 1090. The van der Waals surface area contributed by atoms with Gasteiger partial charge in [-0.05, 0) is 29.9 Å². The molecule has 0 saturated heterocycles. The van der Waals surface area contributed by atoms with E-state index in [0.717, 1.165) is 16.5 Å². The van der Waals surface area contributed by atoms with Gasteiger partial charge in [-0.25, -0.2) is 4.79 Å². The number of carbonyl (C=O) groups excluding carboxylic acids is 3. The van der Waals surface area contributed by atoms with Crippen LogP contribution >= 0.6 is 12.6 Å². The van der Waals surface area contributed by atoms with Crippen LogP contribution in [0.2, 0.25) is 0 Å². The van der Waals surface area contributed by atoms with Gasteiger partial charge in [-0.3, -0.25) is 14.4 Å². The molecule has 11 heteroatoms. The van der Waals surface area contributed by atoms with E-state index in [-0.39, 0.29) is 24.0 Å². The zero-order valence-corrected chi connectivity index (χ0v) is 22.7. The number of aliphatic carboxylic acids is 1. The number of rotatable bonds is 14. The molecule has 1 aromatic heterocycles. The summed E-state index contributed by atoms with van der Waals surface area (Å²) in [5.74, 6) is -3.46. The number of aromatic nitrogens is 1. The molecular formula is C26H39N5O5S. The smallest absolute Gasteiger partial charge is 0.326 e. The zero-order chi connectivity index (χ0) is 27.7. The number of H-pyrrole nitrogens is 1. The van der Waals surface area contributed by atoms with Crippen LogP contribution in [0, 0.1) is 11.8 Å². The van der Waals surface area contributed by atoms with Crippen LogP contribution in [0.1, 0.15) is 46.1 Å². The lowest BCUT2D eigenvalue weighted by atomic mass is 9.96. The molecule has 0 aliphatic carbocycles. The van der Waals surface area contributed by atoms with Crippen LogP contribution in [0.3, 0.4) is 0 Å². The number of aromatic amines is 1. The van der Waals surface area contributed by atoms with Gasteiger partial charge in [-0.1, -0.05) is 58.7 Å². The van der Waals surface area contributed by atoms with Gasteiger partial charge in [0.25, 0.3) is 0 Å². The Kier molecular flexibility index (Phi) is 11.4. The van der Waals surface area contributed by atoms with Crippen LogP contribution in [0.4, 0.5) is 0 Å². The van der Waals surface area contributed by atoms with E-state index in [9.17, 15) is 24.3 Å². The topological polar surface area (TPSA) is 166 Å². The fourth-order valence-corrected chi connectivity index (χ4v) is 4.24. The van der Waals surface area contributed by atoms with Crippen LogP contribution in [0.25, 0.3) is 10.9 Å². The number of nitrogens with two attached hydrogens (primary N) is 1. The quantitative estimate of drug-likeness (QED) is 0.182. The maximum Gasteiger partial charge on any atom is 0.326 e. The van der Waals surface area contributed by atoms with E-state index in [2.05, 4.69) is 33.6 Å². The standard InChI is InChI=1S/C26H39N5O5S/c1-5-14(3)21(25(34)29-20(13-37)24(33)31-22(26(35)36)15(4)6-2)30-23(32)18(27)11-16-12-28-19-10-8-7-9-17(16)19/h7-10,12,14-15,18,20-22,28,37H,5-6,11,13,27H2,1-4H3,(H,29,34)(H,30,32)(H,31,33)(H,35,36). The molecule has 204 valence electrons. The van der Waals surface area contributed by atoms with Crippen LogP contribution in [0.5, 0.6) is 0 Å². The first-order valence-electron chi connectivity index (χ1n) is 12.6. The lowest BCUT2D eigenvalue weighted by Crippen LogP contribution is -2.59. The second-order valence-electron chi connectivity index (χ2n) is 9.50. The maximum absolute atomic E-state index is 13.2. The molecule has 6 atom stereocenters. The zero-order valence-electron chi connectivity index (χ0n) is 21.8. The van der Waals surface area contributed by atoms with Crippen molar-refractivity contribution in [3.8, 4) is 0 Å². The molecule has 0 saturated carbocycles. The second kappa shape index (κ2) is 14.0. The fourth-order valence-electron chi connectivity index (χ4n) is 3.98. The molecule has 1 heterocycles. The lowest BCUT2D eigenvalue weighted by Gasteiger charge is -2.28. The normalized spacial score (nSPS) is 16.2. The summed E-state index contributed by atoms with van der Waals surface area (Å²) in [7, 11) is 0. The van der Waals surface area contributed by atoms with Crippen molar-refractivity contribution < 1.29 is 24.3 Å². The minimum atomic E-state index is -1.15. The van der Waals surface area contributed by atoms with Crippen molar-refractivity contribution in [2.75, 3.05) is 5.75 Å².